The molecule has 0 fully saturated rings. The average molecular weight is 919 g/mol. The Morgan fingerprint density at radius 3 is 0.955 bits per heavy atom. The van der Waals surface area contributed by atoms with Gasteiger partial charge in [-0.25, -0.2) is 0 Å². The molecule has 0 rings (SSSR count). The minimum atomic E-state index is -0.780. The summed E-state index contributed by atoms with van der Waals surface area (Å²) < 4.78 is 16.7. The second kappa shape index (κ2) is 54.2. The molecule has 6 heteroatoms. The van der Waals surface area contributed by atoms with Crippen LogP contribution in [0.4, 0.5) is 0 Å². The molecule has 0 amide bonds. The molecule has 0 saturated heterocycles. The number of hydrogen-bond donors (Lipinski definition) is 0. The van der Waals surface area contributed by atoms with Gasteiger partial charge in [-0.05, 0) is 96.3 Å². The number of ether oxygens (including phenoxy) is 3. The highest BCUT2D eigenvalue weighted by atomic mass is 16.6. The van der Waals surface area contributed by atoms with Crippen molar-refractivity contribution in [3.8, 4) is 0 Å². The Bertz CT molecular complexity index is 1290. The number of unbranched alkanes of at least 4 members (excludes halogenated alkanes) is 24. The molecule has 0 radical (unpaired) electrons. The second-order valence-corrected chi connectivity index (χ2v) is 18.1. The summed E-state index contributed by atoms with van der Waals surface area (Å²) in [6.45, 7) is 6.43. The van der Waals surface area contributed by atoms with E-state index in [1.807, 2.05) is 0 Å². The Kier molecular flexibility index (Phi) is 51.4. The maximum absolute atomic E-state index is 12.8. The molecule has 0 aromatic heterocycles. The molecule has 1 unspecified atom stereocenters. The van der Waals surface area contributed by atoms with Crippen molar-refractivity contribution in [1.82, 2.24) is 0 Å². The van der Waals surface area contributed by atoms with Crippen molar-refractivity contribution < 1.29 is 28.6 Å². The Morgan fingerprint density at radius 1 is 0.318 bits per heavy atom. The highest BCUT2D eigenvalue weighted by molar-refractivity contribution is 5.71. The molecule has 66 heavy (non-hydrogen) atoms. The van der Waals surface area contributed by atoms with Crippen LogP contribution in [0, 0.1) is 0 Å². The zero-order valence-corrected chi connectivity index (χ0v) is 43.2. The molecule has 0 spiro atoms. The Hall–Kier alpha value is -3.41. The molecule has 6 nitrogen and oxygen atoms in total. The summed E-state index contributed by atoms with van der Waals surface area (Å²) in [4.78, 5) is 37.8. The normalized spacial score (nSPS) is 12.7. The molecule has 0 aromatic rings. The third kappa shape index (κ3) is 51.6. The van der Waals surface area contributed by atoms with Gasteiger partial charge in [-0.3, -0.25) is 14.4 Å². The molecule has 0 N–H and O–H groups in total. The van der Waals surface area contributed by atoms with Crippen molar-refractivity contribution in [2.75, 3.05) is 13.2 Å². The van der Waals surface area contributed by atoms with Crippen LogP contribution in [-0.2, 0) is 28.6 Å². The van der Waals surface area contributed by atoms with Crippen LogP contribution in [0.1, 0.15) is 258 Å². The fraction of sp³-hybridized carbons (Fsp3) is 0.717. The van der Waals surface area contributed by atoms with Crippen molar-refractivity contribution in [1.29, 1.82) is 0 Å². The fourth-order valence-corrected chi connectivity index (χ4v) is 7.50. The van der Waals surface area contributed by atoms with E-state index >= 15 is 0 Å². The van der Waals surface area contributed by atoms with Gasteiger partial charge in [-0.1, -0.05) is 228 Å². The molecular weight excluding hydrogens is 817 g/mol. The zero-order valence-electron chi connectivity index (χ0n) is 43.2. The van der Waals surface area contributed by atoms with E-state index in [9.17, 15) is 14.4 Å². The fourth-order valence-electron chi connectivity index (χ4n) is 7.50. The average Bonchev–Trinajstić information content (AvgIpc) is 3.31. The van der Waals surface area contributed by atoms with Gasteiger partial charge in [0.1, 0.15) is 13.2 Å². The number of carbonyl (C=O) groups excluding carboxylic acids is 3. The standard InChI is InChI=1S/C60H102O6/c1-4-7-10-13-16-18-20-22-24-26-28-29-30-31-33-34-36-38-40-42-44-47-50-53-59(62)65-56-57(55-64-58(61)52-49-46-15-12-9-6-3)66-60(63)54-51-48-45-43-41-39-37-35-32-27-25-23-21-19-17-14-11-8-5-2/h7,10,16-19,22-25,28-29,31,33,57H,4-6,8-9,11-15,20-21,26-27,30,32,34-56H2,1-3H3/b10-7-,18-16-,19-17-,24-22-,25-23-,29-28-,33-31-. The lowest BCUT2D eigenvalue weighted by molar-refractivity contribution is -0.167. The third-order valence-electron chi connectivity index (χ3n) is 11.6. The van der Waals surface area contributed by atoms with Gasteiger partial charge in [0, 0.05) is 19.3 Å². The Morgan fingerprint density at radius 2 is 0.591 bits per heavy atom. The topological polar surface area (TPSA) is 78.9 Å². The first-order valence-electron chi connectivity index (χ1n) is 27.6. The van der Waals surface area contributed by atoms with E-state index in [2.05, 4.69) is 106 Å². The third-order valence-corrected chi connectivity index (χ3v) is 11.6. The molecule has 0 aliphatic rings. The van der Waals surface area contributed by atoms with Gasteiger partial charge < -0.3 is 14.2 Å². The lowest BCUT2D eigenvalue weighted by Gasteiger charge is -2.18. The van der Waals surface area contributed by atoms with E-state index in [0.717, 1.165) is 103 Å². The van der Waals surface area contributed by atoms with Gasteiger partial charge >= 0.3 is 17.9 Å². The quantitative estimate of drug-likeness (QED) is 0.0262. The van der Waals surface area contributed by atoms with Gasteiger partial charge in [0.2, 0.25) is 0 Å². The van der Waals surface area contributed by atoms with Crippen molar-refractivity contribution in [2.45, 2.75) is 264 Å². The second-order valence-electron chi connectivity index (χ2n) is 18.1. The molecule has 0 heterocycles. The molecular formula is C60H102O6. The molecule has 1 atom stereocenters. The smallest absolute Gasteiger partial charge is 0.306 e. The van der Waals surface area contributed by atoms with Crippen molar-refractivity contribution in [2.24, 2.45) is 0 Å². The first-order valence-corrected chi connectivity index (χ1v) is 27.6. The monoisotopic (exact) mass is 919 g/mol. The van der Waals surface area contributed by atoms with E-state index in [0.29, 0.717) is 19.3 Å². The highest BCUT2D eigenvalue weighted by Gasteiger charge is 2.19. The molecule has 0 aromatic carbocycles. The summed E-state index contributed by atoms with van der Waals surface area (Å²) in [5, 5.41) is 0. The summed E-state index contributed by atoms with van der Waals surface area (Å²) >= 11 is 0. The lowest BCUT2D eigenvalue weighted by Crippen LogP contribution is -2.30. The Labute approximate surface area is 407 Å². The molecule has 0 aliphatic heterocycles. The van der Waals surface area contributed by atoms with Crippen LogP contribution in [0.5, 0.6) is 0 Å². The zero-order chi connectivity index (χ0) is 47.9. The molecule has 0 bridgehead atoms. The van der Waals surface area contributed by atoms with E-state index < -0.39 is 6.10 Å². The summed E-state index contributed by atoms with van der Waals surface area (Å²) in [7, 11) is 0. The molecule has 378 valence electrons. The summed E-state index contributed by atoms with van der Waals surface area (Å²) in [5.74, 6) is -0.905. The van der Waals surface area contributed by atoms with E-state index in [4.69, 9.17) is 14.2 Å². The van der Waals surface area contributed by atoms with Crippen LogP contribution in [0.3, 0.4) is 0 Å². The molecule has 0 saturated carbocycles. The largest absolute Gasteiger partial charge is 0.462 e. The van der Waals surface area contributed by atoms with Gasteiger partial charge in [-0.2, -0.15) is 0 Å². The first kappa shape index (κ1) is 62.6. The first-order chi connectivity index (χ1) is 32.5. The van der Waals surface area contributed by atoms with Crippen molar-refractivity contribution in [3.63, 3.8) is 0 Å². The van der Waals surface area contributed by atoms with Crippen LogP contribution in [0.15, 0.2) is 85.1 Å². The van der Waals surface area contributed by atoms with Crippen molar-refractivity contribution in [3.05, 3.63) is 85.1 Å². The minimum Gasteiger partial charge on any atom is -0.462 e. The van der Waals surface area contributed by atoms with Crippen LogP contribution in [-0.4, -0.2) is 37.2 Å². The van der Waals surface area contributed by atoms with E-state index in [1.54, 1.807) is 0 Å². The van der Waals surface area contributed by atoms with Gasteiger partial charge in [-0.15, -0.1) is 0 Å². The van der Waals surface area contributed by atoms with Gasteiger partial charge in [0.05, 0.1) is 0 Å². The van der Waals surface area contributed by atoms with Crippen LogP contribution in [0.25, 0.3) is 0 Å². The van der Waals surface area contributed by atoms with Gasteiger partial charge in [0.15, 0.2) is 6.10 Å². The number of rotatable bonds is 49. The van der Waals surface area contributed by atoms with E-state index in [-0.39, 0.29) is 31.1 Å². The summed E-state index contributed by atoms with van der Waals surface area (Å²) in [6.07, 6.45) is 70.2. The predicted molar refractivity (Wildman–Crippen MR) is 284 cm³/mol. The summed E-state index contributed by atoms with van der Waals surface area (Å²) in [5.41, 5.74) is 0. The highest BCUT2D eigenvalue weighted by Crippen LogP contribution is 2.15. The number of carbonyl (C=O) groups is 3. The van der Waals surface area contributed by atoms with Crippen LogP contribution >= 0.6 is 0 Å². The Balaban J connectivity index is 4.21. The predicted octanol–water partition coefficient (Wildman–Crippen LogP) is 18.4. The maximum Gasteiger partial charge on any atom is 0.306 e. The lowest BCUT2D eigenvalue weighted by atomic mass is 10.1. The molecule has 0 aliphatic carbocycles. The SMILES string of the molecule is CC/C=C\C/C=C\C/C=C\C/C=C\C/C=C\CCCCCCCCCC(=O)OCC(COC(=O)CCCCCCCC)OC(=O)CCCCCCCCCCC/C=C\C/C=C\CCCCC. The summed E-state index contributed by atoms with van der Waals surface area (Å²) in [6, 6.07) is 0. The van der Waals surface area contributed by atoms with Gasteiger partial charge in [0.25, 0.3) is 0 Å². The number of hydrogen-bond acceptors (Lipinski definition) is 6. The van der Waals surface area contributed by atoms with Crippen LogP contribution in [0.2, 0.25) is 0 Å². The minimum absolute atomic E-state index is 0.0818. The maximum atomic E-state index is 12.8. The number of esters is 3. The number of allylic oxidation sites excluding steroid dienone is 14. The van der Waals surface area contributed by atoms with E-state index in [1.165, 1.54) is 116 Å². The van der Waals surface area contributed by atoms with Crippen molar-refractivity contribution >= 4 is 17.9 Å². The van der Waals surface area contributed by atoms with Crippen LogP contribution < -0.4 is 0 Å².